The van der Waals surface area contributed by atoms with Crippen LogP contribution >= 0.6 is 0 Å². The van der Waals surface area contributed by atoms with Crippen LogP contribution in [0, 0.1) is 0 Å². The van der Waals surface area contributed by atoms with Gasteiger partial charge in [-0.2, -0.15) is 0 Å². The van der Waals surface area contributed by atoms with Crippen molar-refractivity contribution in [1.82, 2.24) is 19.7 Å². The van der Waals surface area contributed by atoms with Crippen molar-refractivity contribution in [2.75, 3.05) is 5.32 Å². The van der Waals surface area contributed by atoms with Crippen LogP contribution in [0.3, 0.4) is 0 Å². The van der Waals surface area contributed by atoms with Gasteiger partial charge >= 0.3 is 0 Å². The maximum absolute atomic E-state index is 11.4. The number of hydrogen-bond donors (Lipinski definition) is 3. The van der Waals surface area contributed by atoms with Gasteiger partial charge in [0.25, 0.3) is 0 Å². The summed E-state index contributed by atoms with van der Waals surface area (Å²) in [5.74, 6) is 0.670. The Hall–Kier alpha value is -4.20. The molecule has 0 unspecified atom stereocenters. The minimum absolute atomic E-state index is 0.130. The fourth-order valence-corrected chi connectivity index (χ4v) is 3.72. The summed E-state index contributed by atoms with van der Waals surface area (Å²) < 4.78 is 1.94. The van der Waals surface area contributed by atoms with Crippen molar-refractivity contribution >= 4 is 34.8 Å². The Labute approximate surface area is 213 Å². The van der Waals surface area contributed by atoms with Gasteiger partial charge in [-0.25, -0.2) is 4.98 Å². The second-order valence-electron chi connectivity index (χ2n) is 7.36. The predicted octanol–water partition coefficient (Wildman–Crippen LogP) is 6.26. The molecule has 8 nitrogen and oxygen atoms in total. The highest BCUT2D eigenvalue weighted by Crippen LogP contribution is 2.29. The predicted molar refractivity (Wildman–Crippen MR) is 148 cm³/mol. The maximum Gasteiger partial charge on any atom is 0.221 e. The molecule has 0 bridgehead atoms. The molecule has 2 heterocycles. The standard InChI is InChI=1S/C24H24N6O2.2C2H6/c1-3-5-18(26-16(2)31)6-4-7-22-24(30-13-12-25-15-23(30)28-22)27-19-9-10-20-17(14-19)8-11-21(20)29-32;2*1-2/h3-7,9-10,12-15,27,32H,8,11H2,1-2H3,(H,26,31);2*1-2H3/b5-3-,7-4+,18-6+,29-21+;;. The highest BCUT2D eigenvalue weighted by atomic mass is 16.4. The first-order valence-corrected chi connectivity index (χ1v) is 12.3. The summed E-state index contributed by atoms with van der Waals surface area (Å²) in [4.78, 5) is 20.2. The second-order valence-corrected chi connectivity index (χ2v) is 7.36. The minimum Gasteiger partial charge on any atom is -0.411 e. The zero-order valence-electron chi connectivity index (χ0n) is 21.9. The van der Waals surface area contributed by atoms with E-state index in [1.54, 1.807) is 12.4 Å². The Morgan fingerprint density at radius 1 is 1.19 bits per heavy atom. The highest BCUT2D eigenvalue weighted by Gasteiger charge is 2.19. The number of allylic oxidation sites excluding steroid dienone is 4. The van der Waals surface area contributed by atoms with E-state index in [-0.39, 0.29) is 5.91 Å². The van der Waals surface area contributed by atoms with Crippen LogP contribution in [0.4, 0.5) is 11.5 Å². The van der Waals surface area contributed by atoms with E-state index < -0.39 is 0 Å². The molecule has 1 aliphatic carbocycles. The van der Waals surface area contributed by atoms with E-state index in [0.717, 1.165) is 46.9 Å². The molecule has 0 saturated heterocycles. The van der Waals surface area contributed by atoms with E-state index in [0.29, 0.717) is 11.3 Å². The fourth-order valence-electron chi connectivity index (χ4n) is 3.72. The molecule has 0 fully saturated rings. The van der Waals surface area contributed by atoms with Gasteiger partial charge in [-0.1, -0.05) is 51.1 Å². The van der Waals surface area contributed by atoms with E-state index in [1.807, 2.05) is 87.7 Å². The smallest absolute Gasteiger partial charge is 0.221 e. The Morgan fingerprint density at radius 3 is 2.67 bits per heavy atom. The number of nitrogens with one attached hydrogen (secondary N) is 2. The number of aromatic nitrogens is 3. The number of fused-ring (bicyclic) bond motifs is 2. The molecule has 0 saturated carbocycles. The van der Waals surface area contributed by atoms with Crippen LogP contribution in [0.1, 0.15) is 64.8 Å². The Kier molecular flexibility index (Phi) is 11.1. The Balaban J connectivity index is 0.00000109. The fraction of sp³-hybridized carbons (Fsp3) is 0.286. The lowest BCUT2D eigenvalue weighted by Crippen LogP contribution is -2.17. The quantitative estimate of drug-likeness (QED) is 0.216. The third-order valence-corrected chi connectivity index (χ3v) is 5.08. The van der Waals surface area contributed by atoms with Crippen molar-refractivity contribution in [3.63, 3.8) is 0 Å². The highest BCUT2D eigenvalue weighted by molar-refractivity contribution is 6.04. The van der Waals surface area contributed by atoms with Crippen LogP contribution in [0.2, 0.25) is 0 Å². The lowest BCUT2D eigenvalue weighted by atomic mass is 10.1. The molecule has 2 aromatic heterocycles. The normalized spacial score (nSPS) is 13.8. The van der Waals surface area contributed by atoms with Gasteiger partial charge in [0.2, 0.25) is 5.91 Å². The van der Waals surface area contributed by atoms with E-state index >= 15 is 0 Å². The molecule has 0 radical (unpaired) electrons. The summed E-state index contributed by atoms with van der Waals surface area (Å²) in [5.41, 5.74) is 5.90. The number of hydrogen-bond acceptors (Lipinski definition) is 6. The summed E-state index contributed by atoms with van der Waals surface area (Å²) in [6.07, 6.45) is 16.1. The molecule has 1 amide bonds. The molecule has 36 heavy (non-hydrogen) atoms. The summed E-state index contributed by atoms with van der Waals surface area (Å²) in [6, 6.07) is 6.01. The van der Waals surface area contributed by atoms with Crippen LogP contribution in [-0.2, 0) is 11.2 Å². The number of amides is 1. The SMILES string of the molecule is CC.CC.C\C=C/C(=C\C=C\c1nc2cnccn2c1Nc1ccc2c(c1)CC/C2=N\O)NC(C)=O. The van der Waals surface area contributed by atoms with Crippen molar-refractivity contribution in [3.05, 3.63) is 83.6 Å². The molecule has 1 aliphatic rings. The van der Waals surface area contributed by atoms with Gasteiger partial charge in [-0.3, -0.25) is 14.2 Å². The van der Waals surface area contributed by atoms with Crippen LogP contribution < -0.4 is 10.6 Å². The maximum atomic E-state index is 11.4. The molecule has 3 aromatic rings. The lowest BCUT2D eigenvalue weighted by molar-refractivity contribution is -0.118. The summed E-state index contributed by atoms with van der Waals surface area (Å²) in [5, 5.41) is 18.8. The van der Waals surface area contributed by atoms with Crippen molar-refractivity contribution in [1.29, 1.82) is 0 Å². The van der Waals surface area contributed by atoms with Gasteiger partial charge in [-0.05, 0) is 55.7 Å². The van der Waals surface area contributed by atoms with Gasteiger partial charge in [-0.15, -0.1) is 0 Å². The van der Waals surface area contributed by atoms with E-state index in [4.69, 9.17) is 5.21 Å². The molecule has 8 heteroatoms. The zero-order valence-corrected chi connectivity index (χ0v) is 21.9. The van der Waals surface area contributed by atoms with Gasteiger partial charge in [0.05, 0.1) is 11.9 Å². The number of anilines is 2. The number of aryl methyl sites for hydroxylation is 1. The largest absolute Gasteiger partial charge is 0.411 e. The molecular weight excluding hydrogens is 452 g/mol. The molecule has 0 spiro atoms. The monoisotopic (exact) mass is 488 g/mol. The van der Waals surface area contributed by atoms with Gasteiger partial charge in [0.15, 0.2) is 5.65 Å². The number of rotatable bonds is 6. The van der Waals surface area contributed by atoms with Crippen molar-refractivity contribution < 1.29 is 10.0 Å². The molecule has 0 aliphatic heterocycles. The van der Waals surface area contributed by atoms with Gasteiger partial charge in [0, 0.05) is 36.3 Å². The van der Waals surface area contributed by atoms with Crippen LogP contribution in [0.15, 0.2) is 71.9 Å². The first-order chi connectivity index (χ1) is 17.6. The average Bonchev–Trinajstić information content (AvgIpc) is 3.47. The summed E-state index contributed by atoms with van der Waals surface area (Å²) in [6.45, 7) is 11.4. The molecule has 1 aromatic carbocycles. The molecular formula is C28H36N6O2. The topological polar surface area (TPSA) is 104 Å². The van der Waals surface area contributed by atoms with Crippen LogP contribution in [0.5, 0.6) is 0 Å². The number of imidazole rings is 1. The van der Waals surface area contributed by atoms with Crippen molar-refractivity contribution in [3.8, 4) is 0 Å². The molecule has 0 atom stereocenters. The van der Waals surface area contributed by atoms with Gasteiger partial charge < -0.3 is 15.8 Å². The average molecular weight is 489 g/mol. The Bertz CT molecular complexity index is 1280. The first kappa shape index (κ1) is 28.0. The second kappa shape index (κ2) is 14.3. The first-order valence-electron chi connectivity index (χ1n) is 12.3. The summed E-state index contributed by atoms with van der Waals surface area (Å²) >= 11 is 0. The Morgan fingerprint density at radius 2 is 1.97 bits per heavy atom. The lowest BCUT2D eigenvalue weighted by Gasteiger charge is -2.09. The minimum atomic E-state index is -0.130. The number of benzene rings is 1. The molecule has 4 rings (SSSR count). The van der Waals surface area contributed by atoms with Crippen molar-refractivity contribution in [2.45, 2.75) is 54.4 Å². The van der Waals surface area contributed by atoms with Gasteiger partial charge in [0.1, 0.15) is 11.5 Å². The molecule has 190 valence electrons. The number of carbonyl (C=O) groups is 1. The summed E-state index contributed by atoms with van der Waals surface area (Å²) in [7, 11) is 0. The van der Waals surface area contributed by atoms with E-state index in [9.17, 15) is 4.79 Å². The third-order valence-electron chi connectivity index (χ3n) is 5.08. The number of nitrogens with zero attached hydrogens (tertiary/aromatic N) is 4. The number of oxime groups is 1. The van der Waals surface area contributed by atoms with E-state index in [2.05, 4.69) is 31.8 Å². The molecule has 3 N–H and O–H groups in total. The number of carbonyl (C=O) groups excluding carboxylic acids is 1. The third kappa shape index (κ3) is 6.91. The van der Waals surface area contributed by atoms with Crippen LogP contribution in [0.25, 0.3) is 11.7 Å². The zero-order chi connectivity index (χ0) is 26.5. The van der Waals surface area contributed by atoms with Crippen molar-refractivity contribution in [2.24, 2.45) is 5.16 Å². The van der Waals surface area contributed by atoms with E-state index in [1.165, 1.54) is 6.92 Å². The van der Waals surface area contributed by atoms with Crippen LogP contribution in [-0.4, -0.2) is 31.2 Å².